The van der Waals surface area contributed by atoms with E-state index in [9.17, 15) is 24.6 Å². The number of alkyl carbamates (subject to hydrolysis) is 1. The van der Waals surface area contributed by atoms with Crippen molar-refractivity contribution in [3.63, 3.8) is 0 Å². The lowest BCUT2D eigenvalue weighted by Crippen LogP contribution is -2.62. The molecule has 5 atom stereocenters. The van der Waals surface area contributed by atoms with Crippen molar-refractivity contribution >= 4 is 6.09 Å². The molecule has 2 aliphatic rings. The third-order valence-electron chi connectivity index (χ3n) is 4.53. The molecule has 1 aliphatic heterocycles. The van der Waals surface area contributed by atoms with Crippen LogP contribution in [-0.2, 0) is 9.47 Å². The van der Waals surface area contributed by atoms with Crippen molar-refractivity contribution in [2.45, 2.75) is 62.9 Å². The molecule has 1 aromatic heterocycles. The molecule has 10 heteroatoms. The number of aromatic nitrogens is 2. The van der Waals surface area contributed by atoms with Crippen LogP contribution in [0.5, 0.6) is 0 Å². The second kappa shape index (κ2) is 5.16. The van der Waals surface area contributed by atoms with Gasteiger partial charge in [-0.2, -0.15) is 0 Å². The van der Waals surface area contributed by atoms with Crippen molar-refractivity contribution < 1.29 is 24.5 Å². The molecular weight excluding hydrogens is 334 g/mol. The predicted molar refractivity (Wildman–Crippen MR) is 84.0 cm³/mol. The van der Waals surface area contributed by atoms with Crippen LogP contribution in [0.3, 0.4) is 0 Å². The summed E-state index contributed by atoms with van der Waals surface area (Å²) in [5.41, 5.74) is -5.50. The number of carbonyl (C=O) groups is 1. The van der Waals surface area contributed by atoms with Crippen LogP contribution in [0.15, 0.2) is 21.9 Å². The topological polar surface area (TPSA) is 143 Å². The van der Waals surface area contributed by atoms with Crippen LogP contribution in [0.4, 0.5) is 4.79 Å². The van der Waals surface area contributed by atoms with Gasteiger partial charge < -0.3 is 25.0 Å². The van der Waals surface area contributed by atoms with E-state index in [1.807, 2.05) is 0 Å². The Morgan fingerprint density at radius 2 is 2.08 bits per heavy atom. The number of aliphatic hydroxyl groups is 2. The lowest BCUT2D eigenvalue weighted by atomic mass is 9.90. The second-order valence-electron chi connectivity index (χ2n) is 7.53. The van der Waals surface area contributed by atoms with Crippen LogP contribution in [0.2, 0.25) is 0 Å². The van der Waals surface area contributed by atoms with Crippen molar-refractivity contribution in [3.8, 4) is 0 Å². The number of ether oxygens (including phenoxy) is 2. The van der Waals surface area contributed by atoms with Crippen molar-refractivity contribution in [1.82, 2.24) is 14.9 Å². The van der Waals surface area contributed by atoms with Gasteiger partial charge in [0.25, 0.3) is 5.56 Å². The standard InChI is InChI=1S/C15H21N3O7/c1-13(2,3)25-12(22)17-14(4)10(24-9-8(20)15(9,14)23)18-6-5-7(19)16-11(18)21/h5-6,8-10,20,23H,1-4H3,(H,17,22)(H,16,19,21). The molecule has 138 valence electrons. The molecule has 2 fully saturated rings. The van der Waals surface area contributed by atoms with E-state index in [0.717, 1.165) is 10.6 Å². The molecule has 25 heavy (non-hydrogen) atoms. The maximum absolute atomic E-state index is 12.2. The normalized spacial score (nSPS) is 36.6. The largest absolute Gasteiger partial charge is 0.444 e. The van der Waals surface area contributed by atoms with E-state index < -0.39 is 52.5 Å². The fraction of sp³-hybridized carbons (Fsp3) is 0.667. The molecule has 1 aliphatic carbocycles. The number of fused-ring (bicyclic) bond motifs is 1. The highest BCUT2D eigenvalue weighted by Gasteiger charge is 2.82. The van der Waals surface area contributed by atoms with E-state index in [2.05, 4.69) is 10.3 Å². The number of hydrogen-bond donors (Lipinski definition) is 4. The minimum atomic E-state index is -1.79. The van der Waals surface area contributed by atoms with Crippen LogP contribution < -0.4 is 16.6 Å². The fourth-order valence-corrected chi connectivity index (χ4v) is 3.21. The van der Waals surface area contributed by atoms with Crippen LogP contribution in [0.1, 0.15) is 33.9 Å². The molecule has 5 unspecified atom stereocenters. The molecule has 0 bridgehead atoms. The number of amides is 1. The van der Waals surface area contributed by atoms with Crippen LogP contribution in [-0.4, -0.2) is 54.8 Å². The fourth-order valence-electron chi connectivity index (χ4n) is 3.21. The average molecular weight is 355 g/mol. The lowest BCUT2D eigenvalue weighted by molar-refractivity contribution is -0.0762. The molecule has 2 heterocycles. The SMILES string of the molecule is CC(C)(C)OC(=O)NC1(C)C(n2ccc(=O)[nH]c2=O)OC2C(O)C21O. The summed E-state index contributed by atoms with van der Waals surface area (Å²) in [4.78, 5) is 37.6. The molecule has 1 saturated carbocycles. The maximum Gasteiger partial charge on any atom is 0.408 e. The van der Waals surface area contributed by atoms with Gasteiger partial charge in [-0.15, -0.1) is 0 Å². The lowest BCUT2D eigenvalue weighted by Gasteiger charge is -2.38. The van der Waals surface area contributed by atoms with Crippen molar-refractivity contribution in [2.75, 3.05) is 0 Å². The summed E-state index contributed by atoms with van der Waals surface area (Å²) in [6, 6.07) is 1.11. The number of aromatic amines is 1. The molecule has 1 amide bonds. The van der Waals surface area contributed by atoms with E-state index in [1.165, 1.54) is 13.1 Å². The zero-order valence-electron chi connectivity index (χ0n) is 14.3. The van der Waals surface area contributed by atoms with E-state index in [0.29, 0.717) is 0 Å². The quantitative estimate of drug-likeness (QED) is 0.523. The summed E-state index contributed by atoms with van der Waals surface area (Å²) in [5, 5.41) is 23.2. The van der Waals surface area contributed by atoms with Gasteiger partial charge in [-0.3, -0.25) is 14.3 Å². The van der Waals surface area contributed by atoms with E-state index in [-0.39, 0.29) is 0 Å². The van der Waals surface area contributed by atoms with Crippen molar-refractivity contribution in [1.29, 1.82) is 0 Å². The van der Waals surface area contributed by atoms with E-state index in [1.54, 1.807) is 20.8 Å². The number of aliphatic hydroxyl groups excluding tert-OH is 1. The Balaban J connectivity index is 1.98. The molecule has 1 aromatic rings. The highest BCUT2D eigenvalue weighted by atomic mass is 16.6. The molecule has 10 nitrogen and oxygen atoms in total. The van der Waals surface area contributed by atoms with Gasteiger partial charge in [-0.05, 0) is 27.7 Å². The first kappa shape index (κ1) is 17.6. The van der Waals surface area contributed by atoms with Gasteiger partial charge in [0.2, 0.25) is 0 Å². The highest BCUT2D eigenvalue weighted by molar-refractivity contribution is 5.70. The summed E-state index contributed by atoms with van der Waals surface area (Å²) < 4.78 is 11.8. The van der Waals surface area contributed by atoms with Gasteiger partial charge in [0, 0.05) is 12.3 Å². The maximum atomic E-state index is 12.2. The van der Waals surface area contributed by atoms with Crippen molar-refractivity contribution in [3.05, 3.63) is 33.1 Å². The molecule has 0 spiro atoms. The van der Waals surface area contributed by atoms with Crippen LogP contribution in [0, 0.1) is 0 Å². The predicted octanol–water partition coefficient (Wildman–Crippen LogP) is -1.18. The van der Waals surface area contributed by atoms with Gasteiger partial charge in [0.05, 0.1) is 0 Å². The average Bonchev–Trinajstić information content (AvgIpc) is 2.87. The van der Waals surface area contributed by atoms with Gasteiger partial charge in [0.1, 0.15) is 28.9 Å². The Morgan fingerprint density at radius 3 is 2.64 bits per heavy atom. The number of hydrogen-bond acceptors (Lipinski definition) is 7. The number of H-pyrrole nitrogens is 1. The van der Waals surface area contributed by atoms with E-state index >= 15 is 0 Å². The van der Waals surface area contributed by atoms with Gasteiger partial charge in [0.15, 0.2) is 6.23 Å². The summed E-state index contributed by atoms with van der Waals surface area (Å²) in [7, 11) is 0. The molecule has 3 rings (SSSR count). The summed E-state index contributed by atoms with van der Waals surface area (Å²) >= 11 is 0. The highest BCUT2D eigenvalue weighted by Crippen LogP contribution is 2.59. The number of carbonyl (C=O) groups excluding carboxylic acids is 1. The third-order valence-corrected chi connectivity index (χ3v) is 4.53. The number of rotatable bonds is 2. The first-order valence-electron chi connectivity index (χ1n) is 7.79. The first-order chi connectivity index (χ1) is 11.4. The van der Waals surface area contributed by atoms with E-state index in [4.69, 9.17) is 9.47 Å². The molecular formula is C15H21N3O7. The smallest absolute Gasteiger partial charge is 0.408 e. The van der Waals surface area contributed by atoms with Crippen LogP contribution in [0.25, 0.3) is 0 Å². The zero-order valence-corrected chi connectivity index (χ0v) is 14.3. The zero-order chi connectivity index (χ0) is 18.8. The first-order valence-corrected chi connectivity index (χ1v) is 7.79. The monoisotopic (exact) mass is 355 g/mol. The minimum absolute atomic E-state index is 0.593. The van der Waals surface area contributed by atoms with Gasteiger partial charge in [-0.25, -0.2) is 9.59 Å². The Bertz CT molecular complexity index is 825. The molecule has 0 radical (unpaired) electrons. The summed E-state index contributed by atoms with van der Waals surface area (Å²) in [5.74, 6) is 0. The van der Waals surface area contributed by atoms with Gasteiger partial charge >= 0.3 is 11.8 Å². The Labute approximate surface area is 142 Å². The molecule has 4 N–H and O–H groups in total. The molecule has 0 aromatic carbocycles. The summed E-state index contributed by atoms with van der Waals surface area (Å²) in [6.45, 7) is 6.46. The minimum Gasteiger partial charge on any atom is -0.444 e. The third kappa shape index (κ3) is 2.57. The Hall–Kier alpha value is -2.17. The van der Waals surface area contributed by atoms with Crippen LogP contribution >= 0.6 is 0 Å². The molecule has 1 saturated heterocycles. The van der Waals surface area contributed by atoms with Crippen molar-refractivity contribution in [2.24, 2.45) is 0 Å². The number of nitrogens with one attached hydrogen (secondary N) is 2. The van der Waals surface area contributed by atoms with Gasteiger partial charge in [-0.1, -0.05) is 0 Å². The second-order valence-corrected chi connectivity index (χ2v) is 7.53. The Kier molecular flexibility index (Phi) is 3.64. The number of nitrogens with zero attached hydrogens (tertiary/aromatic N) is 1. The Morgan fingerprint density at radius 1 is 1.44 bits per heavy atom. The summed E-state index contributed by atoms with van der Waals surface area (Å²) in [6.07, 6.45) is -2.99.